The Labute approximate surface area is 108 Å². The van der Waals surface area contributed by atoms with Gasteiger partial charge in [0.25, 0.3) is 0 Å². The molecule has 18 heavy (non-hydrogen) atoms. The quantitative estimate of drug-likeness (QED) is 0.749. The molecule has 0 aromatic rings. The molecule has 0 spiro atoms. The molecule has 0 aromatic carbocycles. The predicted octanol–water partition coefficient (Wildman–Crippen LogP) is 0.544. The molecule has 0 bridgehead atoms. The number of nitrogens with zero attached hydrogens (tertiary/aromatic N) is 3. The molecular weight excluding hydrogens is 234 g/mol. The molecule has 0 saturated heterocycles. The van der Waals surface area contributed by atoms with Gasteiger partial charge >= 0.3 is 5.97 Å². The van der Waals surface area contributed by atoms with Crippen molar-refractivity contribution in [3.8, 4) is 6.07 Å². The minimum absolute atomic E-state index is 0.0394. The number of rotatable bonds is 6. The van der Waals surface area contributed by atoms with E-state index in [1.54, 1.807) is 11.9 Å². The largest absolute Gasteiger partial charge is 0.480 e. The van der Waals surface area contributed by atoms with Gasteiger partial charge in [-0.15, -0.1) is 0 Å². The number of carbonyl (C=O) groups excluding carboxylic acids is 1. The second-order valence-electron chi connectivity index (χ2n) is 5.14. The van der Waals surface area contributed by atoms with Crippen LogP contribution in [-0.2, 0) is 9.59 Å². The van der Waals surface area contributed by atoms with Crippen molar-refractivity contribution in [2.45, 2.75) is 32.7 Å². The molecule has 0 saturated carbocycles. The number of hydrogen-bond donors (Lipinski definition) is 1. The third kappa shape index (κ3) is 6.21. The summed E-state index contributed by atoms with van der Waals surface area (Å²) in [6, 6.07) is 1.97. The van der Waals surface area contributed by atoms with Crippen LogP contribution in [-0.4, -0.2) is 59.0 Å². The monoisotopic (exact) mass is 255 g/mol. The minimum atomic E-state index is -0.961. The van der Waals surface area contributed by atoms with E-state index >= 15 is 0 Å². The average Bonchev–Trinajstić information content (AvgIpc) is 2.22. The molecule has 0 unspecified atom stereocenters. The van der Waals surface area contributed by atoms with Crippen LogP contribution >= 0.6 is 0 Å². The summed E-state index contributed by atoms with van der Waals surface area (Å²) in [6.07, 6.45) is 0.274. The van der Waals surface area contributed by atoms with Crippen LogP contribution in [0.15, 0.2) is 0 Å². The summed E-state index contributed by atoms with van der Waals surface area (Å²) in [5.74, 6) is -1.14. The smallest absolute Gasteiger partial charge is 0.317 e. The summed E-state index contributed by atoms with van der Waals surface area (Å²) in [5.41, 5.74) is -0.399. The fourth-order valence-electron chi connectivity index (χ4n) is 1.32. The fourth-order valence-corrected chi connectivity index (χ4v) is 1.32. The highest BCUT2D eigenvalue weighted by Crippen LogP contribution is 2.12. The average molecular weight is 255 g/mol. The second-order valence-corrected chi connectivity index (χ2v) is 5.14. The zero-order valence-corrected chi connectivity index (χ0v) is 11.4. The standard InChI is InChI=1S/C12H21N3O3/c1-12(2,3)15(9-11(17)18)8-10(16)14(4)7-5-6-13/h5,7-9H2,1-4H3,(H,17,18). The summed E-state index contributed by atoms with van der Waals surface area (Å²) in [6.45, 7) is 5.80. The molecule has 0 aliphatic carbocycles. The summed E-state index contributed by atoms with van der Waals surface area (Å²) >= 11 is 0. The van der Waals surface area contributed by atoms with Gasteiger partial charge in [0.2, 0.25) is 5.91 Å². The summed E-state index contributed by atoms with van der Waals surface area (Å²) in [5, 5.41) is 17.3. The van der Waals surface area contributed by atoms with Crippen LogP contribution in [0.2, 0.25) is 0 Å². The van der Waals surface area contributed by atoms with Crippen LogP contribution in [0.25, 0.3) is 0 Å². The Morgan fingerprint density at radius 1 is 1.28 bits per heavy atom. The van der Waals surface area contributed by atoms with Gasteiger partial charge in [-0.05, 0) is 20.8 Å². The first-order valence-electron chi connectivity index (χ1n) is 5.76. The number of nitriles is 1. The topological polar surface area (TPSA) is 84.6 Å². The van der Waals surface area contributed by atoms with Gasteiger partial charge in [0.05, 0.1) is 25.6 Å². The molecule has 0 atom stereocenters. The van der Waals surface area contributed by atoms with E-state index in [1.165, 1.54) is 4.90 Å². The summed E-state index contributed by atoms with van der Waals surface area (Å²) in [7, 11) is 1.61. The molecule has 102 valence electrons. The lowest BCUT2D eigenvalue weighted by Gasteiger charge is -2.34. The van der Waals surface area contributed by atoms with E-state index in [9.17, 15) is 9.59 Å². The first-order chi connectivity index (χ1) is 8.18. The van der Waals surface area contributed by atoms with Crippen molar-refractivity contribution >= 4 is 11.9 Å². The Morgan fingerprint density at radius 2 is 1.83 bits per heavy atom. The maximum Gasteiger partial charge on any atom is 0.317 e. The highest BCUT2D eigenvalue weighted by Gasteiger charge is 2.26. The zero-order chi connectivity index (χ0) is 14.3. The van der Waals surface area contributed by atoms with Crippen LogP contribution in [0.1, 0.15) is 27.2 Å². The van der Waals surface area contributed by atoms with E-state index in [1.807, 2.05) is 26.8 Å². The van der Waals surface area contributed by atoms with Crippen LogP contribution in [0.4, 0.5) is 0 Å². The molecule has 0 rings (SSSR count). The van der Waals surface area contributed by atoms with Crippen LogP contribution in [0.5, 0.6) is 0 Å². The second kappa shape index (κ2) is 6.97. The number of carboxylic acids is 1. The van der Waals surface area contributed by atoms with Crippen molar-refractivity contribution < 1.29 is 14.7 Å². The Balaban J connectivity index is 4.54. The van der Waals surface area contributed by atoms with Crippen molar-refractivity contribution in [3.05, 3.63) is 0 Å². The molecule has 0 aliphatic heterocycles. The number of likely N-dealkylation sites (N-methyl/N-ethyl adjacent to an activating group) is 1. The third-order valence-electron chi connectivity index (χ3n) is 2.59. The maximum absolute atomic E-state index is 11.9. The van der Waals surface area contributed by atoms with E-state index in [2.05, 4.69) is 0 Å². The van der Waals surface area contributed by atoms with Gasteiger partial charge in [0.1, 0.15) is 0 Å². The van der Waals surface area contributed by atoms with Gasteiger partial charge in [-0.3, -0.25) is 14.5 Å². The van der Waals surface area contributed by atoms with E-state index < -0.39 is 11.5 Å². The first-order valence-corrected chi connectivity index (χ1v) is 5.76. The zero-order valence-electron chi connectivity index (χ0n) is 11.4. The molecule has 0 aromatic heterocycles. The number of carboxylic acid groups (broad SMARTS) is 1. The molecule has 6 heteroatoms. The van der Waals surface area contributed by atoms with Gasteiger partial charge < -0.3 is 10.0 Å². The molecule has 1 amide bonds. The Morgan fingerprint density at radius 3 is 2.22 bits per heavy atom. The molecule has 0 heterocycles. The van der Waals surface area contributed by atoms with Gasteiger partial charge in [-0.1, -0.05) is 0 Å². The molecule has 6 nitrogen and oxygen atoms in total. The first kappa shape index (κ1) is 16.4. The van der Waals surface area contributed by atoms with Gasteiger partial charge in [0.15, 0.2) is 0 Å². The lowest BCUT2D eigenvalue weighted by molar-refractivity contribution is -0.141. The summed E-state index contributed by atoms with van der Waals surface area (Å²) < 4.78 is 0. The maximum atomic E-state index is 11.9. The predicted molar refractivity (Wildman–Crippen MR) is 66.8 cm³/mol. The van der Waals surface area contributed by atoms with Crippen LogP contribution in [0, 0.1) is 11.3 Å². The van der Waals surface area contributed by atoms with Crippen LogP contribution in [0.3, 0.4) is 0 Å². The van der Waals surface area contributed by atoms with E-state index in [0.717, 1.165) is 0 Å². The van der Waals surface area contributed by atoms with E-state index in [4.69, 9.17) is 10.4 Å². The lowest BCUT2D eigenvalue weighted by Crippen LogP contribution is -2.49. The Hall–Kier alpha value is -1.61. The highest BCUT2D eigenvalue weighted by atomic mass is 16.4. The molecular formula is C12H21N3O3. The van der Waals surface area contributed by atoms with Crippen molar-refractivity contribution in [3.63, 3.8) is 0 Å². The SMILES string of the molecule is CN(CCC#N)C(=O)CN(CC(=O)O)C(C)(C)C. The number of hydrogen-bond acceptors (Lipinski definition) is 4. The van der Waals surface area contributed by atoms with Crippen molar-refractivity contribution in [1.29, 1.82) is 5.26 Å². The minimum Gasteiger partial charge on any atom is -0.480 e. The molecule has 0 radical (unpaired) electrons. The Bertz CT molecular complexity index is 341. The number of carbonyl (C=O) groups is 2. The van der Waals surface area contributed by atoms with Gasteiger partial charge in [0, 0.05) is 19.1 Å². The number of amides is 1. The van der Waals surface area contributed by atoms with Gasteiger partial charge in [-0.2, -0.15) is 5.26 Å². The van der Waals surface area contributed by atoms with E-state index in [-0.39, 0.29) is 25.4 Å². The lowest BCUT2D eigenvalue weighted by atomic mass is 10.1. The Kier molecular flexibility index (Phi) is 6.34. The van der Waals surface area contributed by atoms with Gasteiger partial charge in [-0.25, -0.2) is 0 Å². The highest BCUT2D eigenvalue weighted by molar-refractivity contribution is 5.79. The normalized spacial score (nSPS) is 11.1. The van der Waals surface area contributed by atoms with Crippen molar-refractivity contribution in [1.82, 2.24) is 9.80 Å². The molecule has 1 N–H and O–H groups in total. The van der Waals surface area contributed by atoms with Crippen molar-refractivity contribution in [2.24, 2.45) is 0 Å². The number of aliphatic carboxylic acids is 1. The fraction of sp³-hybridized carbons (Fsp3) is 0.750. The summed E-state index contributed by atoms with van der Waals surface area (Å²) in [4.78, 5) is 25.7. The van der Waals surface area contributed by atoms with E-state index in [0.29, 0.717) is 6.54 Å². The van der Waals surface area contributed by atoms with Crippen LogP contribution < -0.4 is 0 Å². The molecule has 0 aliphatic rings. The molecule has 0 fully saturated rings. The third-order valence-corrected chi connectivity index (χ3v) is 2.59. The van der Waals surface area contributed by atoms with Crippen molar-refractivity contribution in [2.75, 3.05) is 26.7 Å².